The molecule has 0 unspecified atom stereocenters. The lowest BCUT2D eigenvalue weighted by atomic mass is 10.2. The summed E-state index contributed by atoms with van der Waals surface area (Å²) >= 11 is 0. The van der Waals surface area contributed by atoms with E-state index in [1.165, 1.54) is 42.3 Å². The fourth-order valence-electron chi connectivity index (χ4n) is 3.27. The maximum absolute atomic E-state index is 13.1. The van der Waals surface area contributed by atoms with Crippen LogP contribution in [0.3, 0.4) is 0 Å². The van der Waals surface area contributed by atoms with Crippen LogP contribution >= 0.6 is 0 Å². The van der Waals surface area contributed by atoms with Crippen LogP contribution in [0.1, 0.15) is 31.4 Å². The molecule has 1 aromatic carbocycles. The van der Waals surface area contributed by atoms with Gasteiger partial charge in [0.05, 0.1) is 5.69 Å². The minimum atomic E-state index is -0.310. The van der Waals surface area contributed by atoms with Crippen LogP contribution in [0.4, 0.5) is 4.39 Å². The number of aromatic nitrogens is 4. The van der Waals surface area contributed by atoms with Gasteiger partial charge in [0.25, 0.3) is 11.3 Å². The highest BCUT2D eigenvalue weighted by molar-refractivity contribution is 5.56. The zero-order valence-electron chi connectivity index (χ0n) is 13.9. The van der Waals surface area contributed by atoms with Crippen molar-refractivity contribution in [3.05, 3.63) is 52.2 Å². The Hall–Kier alpha value is -2.54. The lowest BCUT2D eigenvalue weighted by molar-refractivity contribution is 0.273. The highest BCUT2D eigenvalue weighted by atomic mass is 19.1. The van der Waals surface area contributed by atoms with Crippen LogP contribution in [0, 0.1) is 5.82 Å². The molecule has 1 N–H and O–H groups in total. The third kappa shape index (κ3) is 3.46. The SMILES string of the molecule is O=c1cc(CN2CCCCCC2)nc2nc(-c3ccc(F)cc3)[nH]n12. The van der Waals surface area contributed by atoms with Crippen molar-refractivity contribution >= 4 is 5.78 Å². The molecular weight excluding hydrogens is 321 g/mol. The molecule has 1 aliphatic heterocycles. The first-order chi connectivity index (χ1) is 12.2. The molecule has 3 aromatic rings. The molecule has 6 nitrogen and oxygen atoms in total. The molecule has 0 bridgehead atoms. The van der Waals surface area contributed by atoms with E-state index >= 15 is 0 Å². The Labute approximate surface area is 144 Å². The van der Waals surface area contributed by atoms with E-state index in [4.69, 9.17) is 0 Å². The first kappa shape index (κ1) is 16.0. The Balaban J connectivity index is 1.64. The number of H-pyrrole nitrogens is 1. The number of fused-ring (bicyclic) bond motifs is 1. The van der Waals surface area contributed by atoms with Crippen LogP contribution in [0.2, 0.25) is 0 Å². The van der Waals surface area contributed by atoms with Gasteiger partial charge in [0, 0.05) is 18.2 Å². The third-order valence-corrected chi connectivity index (χ3v) is 4.59. The summed E-state index contributed by atoms with van der Waals surface area (Å²) in [6.07, 6.45) is 4.93. The van der Waals surface area contributed by atoms with Gasteiger partial charge in [0.15, 0.2) is 5.82 Å². The van der Waals surface area contributed by atoms with E-state index < -0.39 is 0 Å². The van der Waals surface area contributed by atoms with Crippen molar-refractivity contribution in [2.75, 3.05) is 13.1 Å². The molecule has 1 fully saturated rings. The van der Waals surface area contributed by atoms with Crippen molar-refractivity contribution in [3.63, 3.8) is 0 Å². The normalized spacial score (nSPS) is 16.2. The van der Waals surface area contributed by atoms with Gasteiger partial charge in [-0.2, -0.15) is 9.50 Å². The van der Waals surface area contributed by atoms with Crippen LogP contribution in [0.25, 0.3) is 17.2 Å². The number of hydrogen-bond acceptors (Lipinski definition) is 4. The van der Waals surface area contributed by atoms with Gasteiger partial charge >= 0.3 is 0 Å². The van der Waals surface area contributed by atoms with Crippen LogP contribution in [0.5, 0.6) is 0 Å². The average molecular weight is 341 g/mol. The highest BCUT2D eigenvalue weighted by Gasteiger charge is 2.13. The van der Waals surface area contributed by atoms with Crippen LogP contribution in [-0.2, 0) is 6.54 Å². The maximum atomic E-state index is 13.1. The molecule has 25 heavy (non-hydrogen) atoms. The molecule has 4 rings (SSSR count). The highest BCUT2D eigenvalue weighted by Crippen LogP contribution is 2.16. The number of nitrogens with one attached hydrogen (secondary N) is 1. The molecule has 2 aromatic heterocycles. The van der Waals surface area contributed by atoms with E-state index in [0.717, 1.165) is 18.8 Å². The van der Waals surface area contributed by atoms with E-state index in [0.29, 0.717) is 23.7 Å². The summed E-state index contributed by atoms with van der Waals surface area (Å²) in [6, 6.07) is 7.53. The number of hydrogen-bond donors (Lipinski definition) is 1. The molecule has 0 radical (unpaired) electrons. The summed E-state index contributed by atoms with van der Waals surface area (Å²) < 4.78 is 14.4. The molecule has 0 saturated carbocycles. The zero-order chi connectivity index (χ0) is 17.2. The van der Waals surface area contributed by atoms with Crippen molar-refractivity contribution < 1.29 is 4.39 Å². The molecule has 7 heteroatoms. The van der Waals surface area contributed by atoms with Gasteiger partial charge in [-0.25, -0.2) is 9.37 Å². The number of likely N-dealkylation sites (tertiary alicyclic amines) is 1. The third-order valence-electron chi connectivity index (χ3n) is 4.59. The minimum absolute atomic E-state index is 0.185. The number of benzene rings is 1. The lowest BCUT2D eigenvalue weighted by Gasteiger charge is -2.18. The second kappa shape index (κ2) is 6.76. The van der Waals surface area contributed by atoms with Gasteiger partial charge in [0.1, 0.15) is 5.82 Å². The average Bonchev–Trinajstić information content (AvgIpc) is 2.86. The summed E-state index contributed by atoms with van der Waals surface area (Å²) in [7, 11) is 0. The summed E-state index contributed by atoms with van der Waals surface area (Å²) in [5.41, 5.74) is 1.26. The van der Waals surface area contributed by atoms with E-state index in [9.17, 15) is 9.18 Å². The first-order valence-electron chi connectivity index (χ1n) is 8.66. The van der Waals surface area contributed by atoms with Crippen molar-refractivity contribution in [1.29, 1.82) is 0 Å². The van der Waals surface area contributed by atoms with Crippen molar-refractivity contribution in [1.82, 2.24) is 24.5 Å². The predicted octanol–water partition coefficient (Wildman–Crippen LogP) is 2.60. The molecule has 0 amide bonds. The van der Waals surface area contributed by atoms with Crippen LogP contribution < -0.4 is 5.56 Å². The number of nitrogens with zero attached hydrogens (tertiary/aromatic N) is 4. The second-order valence-electron chi connectivity index (χ2n) is 6.49. The number of aromatic amines is 1. The van der Waals surface area contributed by atoms with Gasteiger partial charge in [0.2, 0.25) is 0 Å². The number of rotatable bonds is 3. The molecule has 0 aliphatic carbocycles. The molecule has 1 aliphatic rings. The summed E-state index contributed by atoms with van der Waals surface area (Å²) in [5.74, 6) is 0.531. The first-order valence-corrected chi connectivity index (χ1v) is 8.66. The molecular formula is C18H20FN5O. The van der Waals surface area contributed by atoms with Crippen molar-refractivity contribution in [2.24, 2.45) is 0 Å². The molecule has 1 saturated heterocycles. The molecule has 0 spiro atoms. The Morgan fingerprint density at radius 2 is 1.76 bits per heavy atom. The fourth-order valence-corrected chi connectivity index (χ4v) is 3.27. The van der Waals surface area contributed by atoms with Gasteiger partial charge < -0.3 is 0 Å². The summed E-state index contributed by atoms with van der Waals surface area (Å²) in [5, 5.41) is 2.93. The van der Waals surface area contributed by atoms with Gasteiger partial charge in [-0.3, -0.25) is 14.8 Å². The van der Waals surface area contributed by atoms with Gasteiger partial charge in [-0.15, -0.1) is 0 Å². The fraction of sp³-hybridized carbons (Fsp3) is 0.389. The predicted molar refractivity (Wildman–Crippen MR) is 92.7 cm³/mol. The van der Waals surface area contributed by atoms with Gasteiger partial charge in [-0.05, 0) is 50.2 Å². The minimum Gasteiger partial charge on any atom is -0.298 e. The Morgan fingerprint density at radius 3 is 2.48 bits per heavy atom. The molecule has 3 heterocycles. The monoisotopic (exact) mass is 341 g/mol. The zero-order valence-corrected chi connectivity index (χ0v) is 13.9. The molecule has 0 atom stereocenters. The smallest absolute Gasteiger partial charge is 0.274 e. The van der Waals surface area contributed by atoms with Crippen molar-refractivity contribution in [3.8, 4) is 11.4 Å². The lowest BCUT2D eigenvalue weighted by Crippen LogP contribution is -2.26. The standard InChI is InChI=1S/C18H20FN5O/c19-14-7-5-13(6-8-14)17-21-18-20-15(11-16(25)24(18)22-17)12-23-9-3-1-2-4-10-23/h5-8,11H,1-4,9-10,12H2,(H,20,21,22). The van der Waals surface area contributed by atoms with E-state index in [2.05, 4.69) is 20.0 Å². The summed E-state index contributed by atoms with van der Waals surface area (Å²) in [6.45, 7) is 2.76. The Kier molecular flexibility index (Phi) is 4.31. The molecule has 130 valence electrons. The second-order valence-corrected chi connectivity index (χ2v) is 6.49. The van der Waals surface area contributed by atoms with Crippen LogP contribution in [-0.4, -0.2) is 37.6 Å². The summed E-state index contributed by atoms with van der Waals surface area (Å²) in [4.78, 5) is 23.7. The van der Waals surface area contributed by atoms with E-state index in [1.54, 1.807) is 18.2 Å². The largest absolute Gasteiger partial charge is 0.298 e. The Bertz CT molecular complexity index is 923. The van der Waals surface area contributed by atoms with Crippen LogP contribution in [0.15, 0.2) is 35.1 Å². The Morgan fingerprint density at radius 1 is 1.04 bits per heavy atom. The van der Waals surface area contributed by atoms with Gasteiger partial charge in [-0.1, -0.05) is 12.8 Å². The van der Waals surface area contributed by atoms with E-state index in [-0.39, 0.29) is 11.4 Å². The van der Waals surface area contributed by atoms with E-state index in [1.807, 2.05) is 0 Å². The number of halogens is 1. The topological polar surface area (TPSA) is 66.3 Å². The quantitative estimate of drug-likeness (QED) is 0.795. The maximum Gasteiger partial charge on any atom is 0.274 e. The van der Waals surface area contributed by atoms with Crippen molar-refractivity contribution in [2.45, 2.75) is 32.2 Å².